The minimum Gasteiger partial charge on any atom is -0.308 e. The number of carbonyl (C=O) groups is 1. The molecule has 3 nitrogen and oxygen atoms in total. The smallest absolute Gasteiger partial charge is 0.308 e. The van der Waals surface area contributed by atoms with E-state index in [1.807, 2.05) is 48.5 Å². The number of benzene rings is 2. The molecule has 0 aromatic heterocycles. The Bertz CT molecular complexity index is 811. The zero-order valence-corrected chi connectivity index (χ0v) is 18.0. The number of halogens is 3. The number of amides is 1. The molecule has 0 heterocycles. The summed E-state index contributed by atoms with van der Waals surface area (Å²) in [6, 6.07) is 19.2. The van der Waals surface area contributed by atoms with E-state index in [0.717, 1.165) is 38.6 Å². The van der Waals surface area contributed by atoms with Crippen LogP contribution in [0.2, 0.25) is 0 Å². The third kappa shape index (κ3) is 6.82. The molecule has 2 aromatic rings. The Morgan fingerprint density at radius 2 is 1.48 bits per heavy atom. The van der Waals surface area contributed by atoms with Crippen molar-refractivity contribution in [1.29, 1.82) is 0 Å². The molecule has 0 aliphatic heterocycles. The maximum atomic E-state index is 13.1. The minimum atomic E-state index is -4.34. The Kier molecular flexibility index (Phi) is 8.13. The van der Waals surface area contributed by atoms with Crippen molar-refractivity contribution in [3.8, 4) is 0 Å². The first-order valence-electron chi connectivity index (χ1n) is 11.0. The van der Waals surface area contributed by atoms with Gasteiger partial charge < -0.3 is 4.90 Å². The van der Waals surface area contributed by atoms with Crippen molar-refractivity contribution in [3.63, 3.8) is 0 Å². The monoisotopic (exact) mass is 432 g/mol. The molecular formula is C25H31F3N2O. The molecule has 0 saturated heterocycles. The van der Waals surface area contributed by atoms with Crippen LogP contribution in [-0.2, 0) is 11.3 Å². The highest BCUT2D eigenvalue weighted by atomic mass is 19.4. The number of hydrogen-bond donors (Lipinski definition) is 0. The highest BCUT2D eigenvalue weighted by Gasteiger charge is 2.36. The van der Waals surface area contributed by atoms with Crippen LogP contribution in [0.1, 0.15) is 50.5 Å². The van der Waals surface area contributed by atoms with E-state index < -0.39 is 24.9 Å². The topological polar surface area (TPSA) is 23.6 Å². The Morgan fingerprint density at radius 1 is 0.903 bits per heavy atom. The van der Waals surface area contributed by atoms with Gasteiger partial charge in [0, 0.05) is 24.7 Å². The third-order valence-electron chi connectivity index (χ3n) is 6.04. The maximum Gasteiger partial charge on any atom is 0.389 e. The van der Waals surface area contributed by atoms with Crippen LogP contribution < -0.4 is 4.90 Å². The summed E-state index contributed by atoms with van der Waals surface area (Å²) in [5.41, 5.74) is 1.86. The van der Waals surface area contributed by atoms with Gasteiger partial charge in [0.05, 0.1) is 12.5 Å². The van der Waals surface area contributed by atoms with Gasteiger partial charge in [0.2, 0.25) is 5.91 Å². The van der Waals surface area contributed by atoms with Gasteiger partial charge in [0.15, 0.2) is 0 Å². The van der Waals surface area contributed by atoms with Crippen molar-refractivity contribution in [3.05, 3.63) is 66.2 Å². The average Bonchev–Trinajstić information content (AvgIpc) is 3.00. The molecular weight excluding hydrogens is 401 g/mol. The lowest BCUT2D eigenvalue weighted by Gasteiger charge is -2.41. The molecule has 0 spiro atoms. The van der Waals surface area contributed by atoms with E-state index >= 15 is 0 Å². The van der Waals surface area contributed by atoms with E-state index in [2.05, 4.69) is 24.1 Å². The highest BCUT2D eigenvalue weighted by Crippen LogP contribution is 2.32. The molecule has 3 rings (SSSR count). The number of alkyl halides is 3. The van der Waals surface area contributed by atoms with Crippen LogP contribution in [0.15, 0.2) is 60.7 Å². The second-order valence-electron chi connectivity index (χ2n) is 8.39. The lowest BCUT2D eigenvalue weighted by molar-refractivity contribution is -0.143. The molecule has 1 amide bonds. The summed E-state index contributed by atoms with van der Waals surface area (Å²) >= 11 is 0. The van der Waals surface area contributed by atoms with E-state index in [0.29, 0.717) is 5.69 Å². The van der Waals surface area contributed by atoms with Gasteiger partial charge in [-0.05, 0) is 37.6 Å². The van der Waals surface area contributed by atoms with E-state index in [4.69, 9.17) is 0 Å². The maximum absolute atomic E-state index is 13.1. The number of para-hydroxylation sites is 1. The van der Waals surface area contributed by atoms with Crippen molar-refractivity contribution in [2.75, 3.05) is 11.9 Å². The van der Waals surface area contributed by atoms with Gasteiger partial charge in [-0.3, -0.25) is 9.69 Å². The Balaban J connectivity index is 1.88. The van der Waals surface area contributed by atoms with Gasteiger partial charge in [0.1, 0.15) is 0 Å². The lowest BCUT2D eigenvalue weighted by Crippen LogP contribution is -2.52. The fourth-order valence-corrected chi connectivity index (χ4v) is 4.55. The molecule has 0 N–H and O–H groups in total. The normalized spacial score (nSPS) is 19.8. The molecule has 31 heavy (non-hydrogen) atoms. The van der Waals surface area contributed by atoms with Gasteiger partial charge in [-0.1, -0.05) is 67.8 Å². The third-order valence-corrected chi connectivity index (χ3v) is 6.04. The molecule has 2 atom stereocenters. The first kappa shape index (κ1) is 23.3. The Morgan fingerprint density at radius 3 is 2.10 bits per heavy atom. The quantitative estimate of drug-likeness (QED) is 0.487. The van der Waals surface area contributed by atoms with Gasteiger partial charge in [-0.2, -0.15) is 13.2 Å². The van der Waals surface area contributed by atoms with E-state index in [9.17, 15) is 18.0 Å². The molecule has 1 fully saturated rings. The summed E-state index contributed by atoms with van der Waals surface area (Å²) in [7, 11) is 2.05. The molecule has 168 valence electrons. The number of nitrogens with zero attached hydrogens (tertiary/aromatic N) is 2. The lowest BCUT2D eigenvalue weighted by atomic mass is 9.97. The molecule has 0 radical (unpaired) electrons. The molecule has 6 heteroatoms. The fourth-order valence-electron chi connectivity index (χ4n) is 4.55. The first-order valence-corrected chi connectivity index (χ1v) is 11.0. The fraction of sp³-hybridized carbons (Fsp3) is 0.480. The minimum absolute atomic E-state index is 0.0812. The summed E-state index contributed by atoms with van der Waals surface area (Å²) in [6.45, 7) is 0.737. The summed E-state index contributed by atoms with van der Waals surface area (Å²) in [6.07, 6.45) is -1.15. The van der Waals surface area contributed by atoms with Crippen LogP contribution in [0.5, 0.6) is 0 Å². The van der Waals surface area contributed by atoms with Crippen molar-refractivity contribution in [2.45, 2.75) is 69.8 Å². The summed E-state index contributed by atoms with van der Waals surface area (Å²) < 4.78 is 38.6. The molecule has 1 aliphatic rings. The van der Waals surface area contributed by atoms with Gasteiger partial charge in [0.25, 0.3) is 0 Å². The van der Waals surface area contributed by atoms with Crippen molar-refractivity contribution in [2.24, 2.45) is 0 Å². The zero-order valence-electron chi connectivity index (χ0n) is 18.0. The zero-order chi connectivity index (χ0) is 22.3. The van der Waals surface area contributed by atoms with E-state index in [1.165, 1.54) is 5.56 Å². The second-order valence-corrected chi connectivity index (χ2v) is 8.39. The number of likely N-dealkylation sites (N-methyl/N-ethyl adjacent to an activating group) is 1. The van der Waals surface area contributed by atoms with Crippen LogP contribution in [0.4, 0.5) is 18.9 Å². The number of hydrogen-bond acceptors (Lipinski definition) is 2. The Labute approximate surface area is 182 Å². The largest absolute Gasteiger partial charge is 0.389 e. The highest BCUT2D eigenvalue weighted by molar-refractivity contribution is 5.94. The molecule has 0 bridgehead atoms. The molecule has 1 saturated carbocycles. The van der Waals surface area contributed by atoms with Gasteiger partial charge in [-0.15, -0.1) is 0 Å². The van der Waals surface area contributed by atoms with Crippen molar-refractivity contribution in [1.82, 2.24) is 4.90 Å². The predicted molar refractivity (Wildman–Crippen MR) is 118 cm³/mol. The SMILES string of the molecule is CN(Cc1ccccc1)C1CCCCCC1N(C(=O)CCC(F)(F)F)c1ccccc1. The average molecular weight is 433 g/mol. The summed E-state index contributed by atoms with van der Waals surface area (Å²) in [5, 5.41) is 0. The molecule has 2 aromatic carbocycles. The summed E-state index contributed by atoms with van der Waals surface area (Å²) in [5.74, 6) is -0.450. The van der Waals surface area contributed by atoms with Gasteiger partial charge in [-0.25, -0.2) is 0 Å². The Hall–Kier alpha value is -2.34. The van der Waals surface area contributed by atoms with Crippen molar-refractivity contribution < 1.29 is 18.0 Å². The second kappa shape index (κ2) is 10.8. The summed E-state index contributed by atoms with van der Waals surface area (Å²) in [4.78, 5) is 17.1. The molecule has 1 aliphatic carbocycles. The van der Waals surface area contributed by atoms with E-state index in [-0.39, 0.29) is 12.1 Å². The molecule has 2 unspecified atom stereocenters. The number of anilines is 1. The van der Waals surface area contributed by atoms with E-state index in [1.54, 1.807) is 4.90 Å². The standard InChI is InChI=1S/C25H31F3N2O/c1-29(19-20-11-5-2-6-12-20)22-15-9-4-10-16-23(22)30(21-13-7-3-8-14-21)24(31)17-18-25(26,27)28/h2-3,5-8,11-14,22-23H,4,9-10,15-19H2,1H3. The van der Waals surface area contributed by atoms with Gasteiger partial charge >= 0.3 is 6.18 Å². The van der Waals surface area contributed by atoms with Crippen LogP contribution in [-0.4, -0.2) is 36.1 Å². The number of carbonyl (C=O) groups excluding carboxylic acids is 1. The first-order chi connectivity index (χ1) is 14.8. The van der Waals surface area contributed by atoms with Crippen LogP contribution in [0, 0.1) is 0 Å². The van der Waals surface area contributed by atoms with Crippen LogP contribution >= 0.6 is 0 Å². The van der Waals surface area contributed by atoms with Crippen LogP contribution in [0.25, 0.3) is 0 Å². The van der Waals surface area contributed by atoms with Crippen molar-refractivity contribution >= 4 is 11.6 Å². The number of rotatable bonds is 7. The predicted octanol–water partition coefficient (Wildman–Crippen LogP) is 6.20. The van der Waals surface area contributed by atoms with Crippen LogP contribution in [0.3, 0.4) is 0 Å².